The summed E-state index contributed by atoms with van der Waals surface area (Å²) in [5, 5.41) is 7.23. The fraction of sp³-hybridized carbons (Fsp3) is 0.227. The van der Waals surface area contributed by atoms with E-state index in [-0.39, 0.29) is 5.91 Å². The predicted octanol–water partition coefficient (Wildman–Crippen LogP) is 2.88. The smallest absolute Gasteiger partial charge is 0.258 e. The monoisotopic (exact) mass is 389 g/mol. The number of nitrogens with two attached hydrogens (primary N) is 1. The summed E-state index contributed by atoms with van der Waals surface area (Å²) >= 11 is 0. The van der Waals surface area contributed by atoms with E-state index in [4.69, 9.17) is 5.73 Å². The molecule has 0 atom stereocenters. The van der Waals surface area contributed by atoms with Gasteiger partial charge in [0.15, 0.2) is 0 Å². The van der Waals surface area contributed by atoms with Crippen molar-refractivity contribution in [3.8, 4) is 0 Å². The summed E-state index contributed by atoms with van der Waals surface area (Å²) in [6.07, 6.45) is 5.48. The standard InChI is InChI=1S/C22H23N5O2/c23-21(28)17-8-9-20(26-10-4-5-11-26)19(12-17)25-22(29)18-13-24-27(15-18)14-16-6-2-1-3-7-16/h1-3,6-9,12-13,15H,4-5,10-11,14H2,(H2,23,28)(H,25,29). The Balaban J connectivity index is 1.54. The van der Waals surface area contributed by atoms with Gasteiger partial charge in [0.05, 0.1) is 29.7 Å². The first kappa shape index (κ1) is 18.7. The lowest BCUT2D eigenvalue weighted by Gasteiger charge is -2.22. The van der Waals surface area contributed by atoms with Crippen LogP contribution in [0.1, 0.15) is 39.1 Å². The SMILES string of the molecule is NC(=O)c1ccc(N2CCCC2)c(NC(=O)c2cnn(Cc3ccccc3)c2)c1. The van der Waals surface area contributed by atoms with Crippen LogP contribution in [0, 0.1) is 0 Å². The van der Waals surface area contributed by atoms with Crippen LogP contribution in [0.4, 0.5) is 11.4 Å². The van der Waals surface area contributed by atoms with Crippen LogP contribution in [-0.2, 0) is 6.54 Å². The van der Waals surface area contributed by atoms with Crippen molar-refractivity contribution in [1.29, 1.82) is 0 Å². The minimum absolute atomic E-state index is 0.272. The number of anilines is 2. The second kappa shape index (κ2) is 8.18. The molecule has 1 aliphatic heterocycles. The quantitative estimate of drug-likeness (QED) is 0.678. The molecule has 148 valence electrons. The summed E-state index contributed by atoms with van der Waals surface area (Å²) in [7, 11) is 0. The Hall–Kier alpha value is -3.61. The summed E-state index contributed by atoms with van der Waals surface area (Å²) in [6.45, 7) is 2.44. The van der Waals surface area contributed by atoms with Crippen molar-refractivity contribution in [2.45, 2.75) is 19.4 Å². The van der Waals surface area contributed by atoms with Gasteiger partial charge in [0.1, 0.15) is 0 Å². The Morgan fingerprint density at radius 2 is 1.79 bits per heavy atom. The summed E-state index contributed by atoms with van der Waals surface area (Å²) in [5.74, 6) is -0.796. The summed E-state index contributed by atoms with van der Waals surface area (Å²) in [5.41, 5.74) is 8.84. The van der Waals surface area contributed by atoms with Crippen LogP contribution >= 0.6 is 0 Å². The molecule has 4 rings (SSSR count). The molecule has 29 heavy (non-hydrogen) atoms. The fourth-order valence-corrected chi connectivity index (χ4v) is 3.56. The van der Waals surface area contributed by atoms with Gasteiger partial charge in [0.25, 0.3) is 5.91 Å². The van der Waals surface area contributed by atoms with Crippen molar-refractivity contribution in [3.05, 3.63) is 77.6 Å². The van der Waals surface area contributed by atoms with Crippen LogP contribution in [0.15, 0.2) is 60.9 Å². The maximum Gasteiger partial charge on any atom is 0.258 e. The van der Waals surface area contributed by atoms with Gasteiger partial charge in [-0.3, -0.25) is 14.3 Å². The topological polar surface area (TPSA) is 93.2 Å². The van der Waals surface area contributed by atoms with Crippen molar-refractivity contribution in [1.82, 2.24) is 9.78 Å². The van der Waals surface area contributed by atoms with Gasteiger partial charge in [-0.25, -0.2) is 0 Å². The number of rotatable bonds is 6. The van der Waals surface area contributed by atoms with E-state index >= 15 is 0 Å². The van der Waals surface area contributed by atoms with Crippen LogP contribution in [0.25, 0.3) is 0 Å². The average molecular weight is 389 g/mol. The minimum atomic E-state index is -0.524. The number of primary amides is 1. The van der Waals surface area contributed by atoms with Gasteiger partial charge in [0, 0.05) is 24.8 Å². The third-order valence-electron chi connectivity index (χ3n) is 5.06. The number of aromatic nitrogens is 2. The third-order valence-corrected chi connectivity index (χ3v) is 5.06. The van der Waals surface area contributed by atoms with Gasteiger partial charge in [-0.1, -0.05) is 30.3 Å². The van der Waals surface area contributed by atoms with Crippen molar-refractivity contribution in [2.75, 3.05) is 23.3 Å². The zero-order chi connectivity index (χ0) is 20.2. The molecule has 3 aromatic rings. The van der Waals surface area contributed by atoms with Gasteiger partial charge < -0.3 is 16.0 Å². The maximum atomic E-state index is 12.8. The number of hydrogen-bond donors (Lipinski definition) is 2. The Kier molecular flexibility index (Phi) is 5.29. The lowest BCUT2D eigenvalue weighted by Crippen LogP contribution is -2.22. The molecule has 0 radical (unpaired) electrons. The first-order valence-corrected chi connectivity index (χ1v) is 9.67. The summed E-state index contributed by atoms with van der Waals surface area (Å²) in [6, 6.07) is 15.1. The molecule has 3 N–H and O–H groups in total. The molecule has 0 bridgehead atoms. The average Bonchev–Trinajstić information content (AvgIpc) is 3.41. The molecule has 7 nitrogen and oxygen atoms in total. The van der Waals surface area contributed by atoms with E-state index in [1.54, 1.807) is 29.2 Å². The predicted molar refractivity (Wildman–Crippen MR) is 112 cm³/mol. The van der Waals surface area contributed by atoms with E-state index in [1.165, 1.54) is 0 Å². The first-order valence-electron chi connectivity index (χ1n) is 9.67. The molecular formula is C22H23N5O2. The lowest BCUT2D eigenvalue weighted by atomic mass is 10.1. The highest BCUT2D eigenvalue weighted by Gasteiger charge is 2.19. The van der Waals surface area contributed by atoms with Gasteiger partial charge >= 0.3 is 0 Å². The summed E-state index contributed by atoms with van der Waals surface area (Å²) in [4.78, 5) is 26.6. The number of benzene rings is 2. The fourth-order valence-electron chi connectivity index (χ4n) is 3.56. The van der Waals surface area contributed by atoms with Gasteiger partial charge in [-0.15, -0.1) is 0 Å². The van der Waals surface area contributed by atoms with Crippen molar-refractivity contribution in [3.63, 3.8) is 0 Å². The lowest BCUT2D eigenvalue weighted by molar-refractivity contribution is 0.0996. The molecule has 1 fully saturated rings. The van der Waals surface area contributed by atoms with E-state index in [9.17, 15) is 9.59 Å². The second-order valence-corrected chi connectivity index (χ2v) is 7.16. The molecule has 7 heteroatoms. The van der Waals surface area contributed by atoms with E-state index < -0.39 is 5.91 Å². The van der Waals surface area contributed by atoms with Crippen LogP contribution in [0.5, 0.6) is 0 Å². The molecule has 2 heterocycles. The molecule has 1 saturated heterocycles. The van der Waals surface area contributed by atoms with Crippen LogP contribution in [0.2, 0.25) is 0 Å². The number of nitrogens with zero attached hydrogens (tertiary/aromatic N) is 3. The molecular weight excluding hydrogens is 366 g/mol. The molecule has 0 saturated carbocycles. The third kappa shape index (κ3) is 4.29. The molecule has 2 amide bonds. The molecule has 1 aliphatic rings. The molecule has 0 unspecified atom stereocenters. The molecule has 0 aliphatic carbocycles. The van der Waals surface area contributed by atoms with Gasteiger partial charge in [0.2, 0.25) is 5.91 Å². The molecule has 0 spiro atoms. The Morgan fingerprint density at radius 1 is 1.03 bits per heavy atom. The number of amides is 2. The van der Waals surface area contributed by atoms with E-state index in [1.807, 2.05) is 36.4 Å². The van der Waals surface area contributed by atoms with Crippen molar-refractivity contribution in [2.24, 2.45) is 5.73 Å². The van der Waals surface area contributed by atoms with E-state index in [2.05, 4.69) is 15.3 Å². The Labute approximate surface area is 169 Å². The van der Waals surface area contributed by atoms with Crippen LogP contribution < -0.4 is 16.0 Å². The largest absolute Gasteiger partial charge is 0.370 e. The minimum Gasteiger partial charge on any atom is -0.370 e. The number of nitrogens with one attached hydrogen (secondary N) is 1. The molecule has 2 aromatic carbocycles. The van der Waals surface area contributed by atoms with Crippen LogP contribution in [-0.4, -0.2) is 34.7 Å². The number of carbonyl (C=O) groups excluding carboxylic acids is 2. The highest BCUT2D eigenvalue weighted by atomic mass is 16.2. The number of hydrogen-bond acceptors (Lipinski definition) is 4. The molecule has 1 aromatic heterocycles. The number of carbonyl (C=O) groups is 2. The van der Waals surface area contributed by atoms with Crippen molar-refractivity contribution >= 4 is 23.2 Å². The van der Waals surface area contributed by atoms with Crippen LogP contribution in [0.3, 0.4) is 0 Å². The second-order valence-electron chi connectivity index (χ2n) is 7.16. The Morgan fingerprint density at radius 3 is 2.52 bits per heavy atom. The highest BCUT2D eigenvalue weighted by molar-refractivity contribution is 6.06. The highest BCUT2D eigenvalue weighted by Crippen LogP contribution is 2.30. The maximum absolute atomic E-state index is 12.8. The van der Waals surface area contributed by atoms with Gasteiger partial charge in [-0.2, -0.15) is 5.10 Å². The zero-order valence-corrected chi connectivity index (χ0v) is 16.0. The summed E-state index contributed by atoms with van der Waals surface area (Å²) < 4.78 is 1.73. The first-order chi connectivity index (χ1) is 14.1. The normalized spacial score (nSPS) is 13.4. The van der Waals surface area contributed by atoms with Gasteiger partial charge in [-0.05, 0) is 36.6 Å². The van der Waals surface area contributed by atoms with E-state index in [0.29, 0.717) is 23.4 Å². The van der Waals surface area contributed by atoms with E-state index in [0.717, 1.165) is 37.2 Å². The zero-order valence-electron chi connectivity index (χ0n) is 16.0. The Bertz CT molecular complexity index is 1020. The van der Waals surface area contributed by atoms with Crippen molar-refractivity contribution < 1.29 is 9.59 Å².